The number of fused-ring (bicyclic) bond motifs is 1. The van der Waals surface area contributed by atoms with E-state index in [-0.39, 0.29) is 11.5 Å². The molecule has 1 heterocycles. The number of amides is 1. The third kappa shape index (κ3) is 2.94. The number of anilines is 1. The van der Waals surface area contributed by atoms with Crippen LogP contribution in [0, 0.1) is 5.82 Å². The standard InChI is InChI=1S/C15H11FN4OS/c16-9-5-7-10(8-6-9)19-20-13(14(17)21)15-18-11-3-1-2-4-12(11)22-15/h1-8,19H,(H2,17,21)/b20-13+. The molecule has 1 aromatic heterocycles. The predicted molar refractivity (Wildman–Crippen MR) is 85.4 cm³/mol. The summed E-state index contributed by atoms with van der Waals surface area (Å²) < 4.78 is 13.8. The van der Waals surface area contributed by atoms with E-state index >= 15 is 0 Å². The van der Waals surface area contributed by atoms with E-state index in [9.17, 15) is 9.18 Å². The minimum absolute atomic E-state index is 0.0329. The van der Waals surface area contributed by atoms with Crippen molar-refractivity contribution in [2.24, 2.45) is 10.8 Å². The fourth-order valence-corrected chi connectivity index (χ4v) is 2.79. The number of hydrazone groups is 1. The number of hydrogen-bond acceptors (Lipinski definition) is 5. The lowest BCUT2D eigenvalue weighted by Gasteiger charge is -2.02. The number of nitrogens with zero attached hydrogens (tertiary/aromatic N) is 2. The molecule has 0 aliphatic heterocycles. The number of carbonyl (C=O) groups excluding carboxylic acids is 1. The highest BCUT2D eigenvalue weighted by atomic mass is 32.1. The molecule has 0 aliphatic carbocycles. The van der Waals surface area contributed by atoms with E-state index in [2.05, 4.69) is 15.5 Å². The van der Waals surface area contributed by atoms with E-state index in [1.165, 1.54) is 35.6 Å². The van der Waals surface area contributed by atoms with Gasteiger partial charge in [-0.25, -0.2) is 9.37 Å². The highest BCUT2D eigenvalue weighted by Crippen LogP contribution is 2.22. The Bertz CT molecular complexity index is 824. The van der Waals surface area contributed by atoms with Gasteiger partial charge in [0, 0.05) is 0 Å². The first-order valence-electron chi connectivity index (χ1n) is 6.38. The molecule has 110 valence electrons. The van der Waals surface area contributed by atoms with Gasteiger partial charge in [-0.1, -0.05) is 12.1 Å². The minimum Gasteiger partial charge on any atom is -0.364 e. The van der Waals surface area contributed by atoms with Crippen LogP contribution in [0.5, 0.6) is 0 Å². The number of carbonyl (C=O) groups is 1. The second kappa shape index (κ2) is 5.90. The first-order chi connectivity index (χ1) is 10.6. The van der Waals surface area contributed by atoms with Crippen LogP contribution in [0.4, 0.5) is 10.1 Å². The van der Waals surface area contributed by atoms with Crippen molar-refractivity contribution in [2.75, 3.05) is 5.43 Å². The van der Waals surface area contributed by atoms with Crippen LogP contribution in [-0.2, 0) is 4.79 Å². The summed E-state index contributed by atoms with van der Waals surface area (Å²) in [5, 5.41) is 4.44. The number of rotatable bonds is 4. The van der Waals surface area contributed by atoms with Crippen LogP contribution in [0.15, 0.2) is 53.6 Å². The molecule has 0 radical (unpaired) electrons. The number of halogens is 1. The molecule has 2 aromatic carbocycles. The summed E-state index contributed by atoms with van der Waals surface area (Å²) in [6.45, 7) is 0. The highest BCUT2D eigenvalue weighted by Gasteiger charge is 2.16. The topological polar surface area (TPSA) is 80.4 Å². The lowest BCUT2D eigenvalue weighted by Crippen LogP contribution is -2.25. The maximum Gasteiger partial charge on any atom is 0.272 e. The molecule has 3 N–H and O–H groups in total. The zero-order chi connectivity index (χ0) is 15.5. The van der Waals surface area contributed by atoms with Crippen molar-refractivity contribution in [3.05, 3.63) is 59.4 Å². The van der Waals surface area contributed by atoms with Crippen molar-refractivity contribution in [3.8, 4) is 0 Å². The number of aromatic nitrogens is 1. The lowest BCUT2D eigenvalue weighted by molar-refractivity contribution is -0.111. The van der Waals surface area contributed by atoms with Crippen molar-refractivity contribution in [2.45, 2.75) is 0 Å². The number of nitrogens with one attached hydrogen (secondary N) is 1. The molecule has 5 nitrogen and oxygen atoms in total. The highest BCUT2D eigenvalue weighted by molar-refractivity contribution is 7.21. The maximum atomic E-state index is 12.9. The van der Waals surface area contributed by atoms with Gasteiger partial charge >= 0.3 is 0 Å². The summed E-state index contributed by atoms with van der Waals surface area (Å²) >= 11 is 1.33. The van der Waals surface area contributed by atoms with E-state index in [0.717, 1.165) is 10.2 Å². The van der Waals surface area contributed by atoms with Crippen LogP contribution >= 0.6 is 11.3 Å². The van der Waals surface area contributed by atoms with Crippen LogP contribution in [0.3, 0.4) is 0 Å². The zero-order valence-corrected chi connectivity index (χ0v) is 12.1. The quantitative estimate of drug-likeness (QED) is 0.574. The summed E-state index contributed by atoms with van der Waals surface area (Å²) in [6.07, 6.45) is 0. The third-order valence-corrected chi connectivity index (χ3v) is 3.91. The number of thiazole rings is 1. The van der Waals surface area contributed by atoms with Crippen LogP contribution in [-0.4, -0.2) is 16.6 Å². The monoisotopic (exact) mass is 314 g/mol. The summed E-state index contributed by atoms with van der Waals surface area (Å²) in [6, 6.07) is 13.1. The van der Waals surface area contributed by atoms with Crippen molar-refractivity contribution in [3.63, 3.8) is 0 Å². The molecule has 0 saturated carbocycles. The largest absolute Gasteiger partial charge is 0.364 e. The number of hydrogen-bond donors (Lipinski definition) is 2. The van der Waals surface area contributed by atoms with Crippen molar-refractivity contribution >= 4 is 38.9 Å². The Balaban J connectivity index is 1.93. The van der Waals surface area contributed by atoms with Gasteiger partial charge in [0.1, 0.15) is 5.82 Å². The van der Waals surface area contributed by atoms with E-state index in [1.54, 1.807) is 0 Å². The zero-order valence-electron chi connectivity index (χ0n) is 11.3. The van der Waals surface area contributed by atoms with Crippen molar-refractivity contribution in [1.82, 2.24) is 4.98 Å². The second-order valence-electron chi connectivity index (χ2n) is 4.43. The molecule has 0 unspecified atom stereocenters. The van der Waals surface area contributed by atoms with Gasteiger partial charge in [0.2, 0.25) is 0 Å². The number of para-hydroxylation sites is 1. The molecular weight excluding hydrogens is 303 g/mol. The van der Waals surface area contributed by atoms with Crippen molar-refractivity contribution < 1.29 is 9.18 Å². The average Bonchev–Trinajstić information content (AvgIpc) is 2.92. The molecule has 0 spiro atoms. The van der Waals surface area contributed by atoms with E-state index < -0.39 is 5.91 Å². The molecule has 0 atom stereocenters. The Morgan fingerprint density at radius 2 is 1.91 bits per heavy atom. The van der Waals surface area contributed by atoms with Gasteiger partial charge in [-0.05, 0) is 36.4 Å². The number of primary amides is 1. The van der Waals surface area contributed by atoms with Crippen LogP contribution < -0.4 is 11.2 Å². The van der Waals surface area contributed by atoms with Gasteiger partial charge in [0.05, 0.1) is 15.9 Å². The van der Waals surface area contributed by atoms with Gasteiger partial charge in [0.25, 0.3) is 5.91 Å². The van der Waals surface area contributed by atoms with E-state index in [1.807, 2.05) is 24.3 Å². The Morgan fingerprint density at radius 3 is 2.59 bits per heavy atom. The van der Waals surface area contributed by atoms with Gasteiger partial charge in [-0.15, -0.1) is 11.3 Å². The summed E-state index contributed by atoms with van der Waals surface area (Å²) in [5.41, 5.74) is 9.41. The molecule has 1 amide bonds. The molecule has 7 heteroatoms. The normalized spacial score (nSPS) is 11.6. The minimum atomic E-state index is -0.686. The van der Waals surface area contributed by atoms with Gasteiger partial charge in [-0.2, -0.15) is 5.10 Å². The number of nitrogens with two attached hydrogens (primary N) is 1. The Kier molecular flexibility index (Phi) is 3.80. The van der Waals surface area contributed by atoms with Gasteiger partial charge in [-0.3, -0.25) is 10.2 Å². The second-order valence-corrected chi connectivity index (χ2v) is 5.46. The maximum absolute atomic E-state index is 12.9. The van der Waals surface area contributed by atoms with Crippen LogP contribution in [0.1, 0.15) is 5.01 Å². The summed E-state index contributed by atoms with van der Waals surface area (Å²) in [5.74, 6) is -1.04. The molecule has 0 fully saturated rings. The van der Waals surface area contributed by atoms with Crippen molar-refractivity contribution in [1.29, 1.82) is 0 Å². The molecule has 3 rings (SSSR count). The fourth-order valence-electron chi connectivity index (χ4n) is 1.83. The molecular formula is C15H11FN4OS. The SMILES string of the molecule is NC(=O)/C(=N\Nc1ccc(F)cc1)c1nc2ccccc2s1. The predicted octanol–water partition coefficient (Wildman–Crippen LogP) is 2.74. The van der Waals surface area contributed by atoms with Gasteiger partial charge in [0.15, 0.2) is 10.7 Å². The third-order valence-electron chi connectivity index (χ3n) is 2.87. The molecule has 0 aliphatic rings. The van der Waals surface area contributed by atoms with E-state index in [4.69, 9.17) is 5.73 Å². The Labute approximate surface area is 129 Å². The van der Waals surface area contributed by atoms with Gasteiger partial charge < -0.3 is 5.73 Å². The molecule has 0 bridgehead atoms. The van der Waals surface area contributed by atoms with E-state index in [0.29, 0.717) is 10.7 Å². The summed E-state index contributed by atoms with van der Waals surface area (Å²) in [4.78, 5) is 16.0. The average molecular weight is 314 g/mol. The number of benzene rings is 2. The Morgan fingerprint density at radius 1 is 1.18 bits per heavy atom. The molecule has 3 aromatic rings. The molecule has 22 heavy (non-hydrogen) atoms. The van der Waals surface area contributed by atoms with Crippen LogP contribution in [0.2, 0.25) is 0 Å². The fraction of sp³-hybridized carbons (Fsp3) is 0. The first kappa shape index (κ1) is 14.2. The van der Waals surface area contributed by atoms with Crippen LogP contribution in [0.25, 0.3) is 10.2 Å². The first-order valence-corrected chi connectivity index (χ1v) is 7.20. The summed E-state index contributed by atoms with van der Waals surface area (Å²) in [7, 11) is 0. The Hall–Kier alpha value is -2.80. The smallest absolute Gasteiger partial charge is 0.272 e. The molecule has 0 saturated heterocycles. The lowest BCUT2D eigenvalue weighted by atomic mass is 10.3.